The third-order valence-corrected chi connectivity index (χ3v) is 13.6. The summed E-state index contributed by atoms with van der Waals surface area (Å²) >= 11 is 0. The Morgan fingerprint density at radius 3 is 1.04 bits per heavy atom. The van der Waals surface area contributed by atoms with Crippen LogP contribution < -0.4 is 4.90 Å². The lowest BCUT2D eigenvalue weighted by atomic mass is 9.99. The molecule has 3 heteroatoms. The lowest BCUT2D eigenvalue weighted by Crippen LogP contribution is -2.09. The summed E-state index contributed by atoms with van der Waals surface area (Å²) < 4.78 is 8.87. The Bertz CT molecular complexity index is 3910. The molecule has 69 heavy (non-hydrogen) atoms. The number of fused-ring (bicyclic) bond motifs is 6. The fourth-order valence-electron chi connectivity index (χ4n) is 10.1. The van der Waals surface area contributed by atoms with Crippen molar-refractivity contribution in [2.24, 2.45) is 0 Å². The molecule has 0 saturated heterocycles. The number of anilines is 3. The largest absolute Gasteiger partial charge is 0.456 e. The van der Waals surface area contributed by atoms with Gasteiger partial charge in [-0.1, -0.05) is 182 Å². The topological polar surface area (TPSA) is 21.3 Å². The molecule has 2 heterocycles. The number of furan rings is 1. The van der Waals surface area contributed by atoms with E-state index in [9.17, 15) is 0 Å². The Hall–Kier alpha value is -9.18. The summed E-state index contributed by atoms with van der Waals surface area (Å²) in [6.45, 7) is 0. The second kappa shape index (κ2) is 16.9. The van der Waals surface area contributed by atoms with Crippen LogP contribution in [0.2, 0.25) is 0 Å². The minimum Gasteiger partial charge on any atom is -0.456 e. The van der Waals surface area contributed by atoms with Gasteiger partial charge in [0.05, 0.1) is 11.0 Å². The molecule has 324 valence electrons. The second-order valence-corrected chi connectivity index (χ2v) is 17.7. The number of nitrogens with zero attached hydrogens (tertiary/aromatic N) is 2. The highest BCUT2D eigenvalue weighted by Gasteiger charge is 2.16. The zero-order valence-corrected chi connectivity index (χ0v) is 37.7. The van der Waals surface area contributed by atoms with Crippen LogP contribution in [0.25, 0.3) is 105 Å². The maximum Gasteiger partial charge on any atom is 0.136 e. The van der Waals surface area contributed by atoms with E-state index in [1.807, 2.05) is 6.07 Å². The van der Waals surface area contributed by atoms with Crippen LogP contribution in [0.5, 0.6) is 0 Å². The molecule has 0 fully saturated rings. The fraction of sp³-hybridized carbons (Fsp3) is 0. The van der Waals surface area contributed by atoms with E-state index in [1.54, 1.807) is 0 Å². The number of aromatic nitrogens is 1. The van der Waals surface area contributed by atoms with Crippen LogP contribution in [0.3, 0.4) is 0 Å². The van der Waals surface area contributed by atoms with Gasteiger partial charge in [-0.25, -0.2) is 0 Å². The molecule has 11 aromatic carbocycles. The standard InChI is InChI=1S/C66H44N2O/c1-3-12-45(13-4-1)48-26-34-55(35-27-48)67(57-38-30-51(31-39-57)54-33-41-62-61-40-32-53(46-14-5-2-6-15-46)43-65(61)69-66(62)44-54)56-36-28-49(29-37-56)47-22-24-50(25-23-47)52-16-11-17-58(42-52)68-63-20-9-7-18-59(63)60-19-8-10-21-64(60)68/h1-44H. The summed E-state index contributed by atoms with van der Waals surface area (Å²) in [5.41, 5.74) is 20.2. The number of hydrogen-bond acceptors (Lipinski definition) is 2. The minimum atomic E-state index is 0.886. The Balaban J connectivity index is 0.800. The zero-order chi connectivity index (χ0) is 45.7. The van der Waals surface area contributed by atoms with Crippen molar-refractivity contribution >= 4 is 60.8 Å². The predicted molar refractivity (Wildman–Crippen MR) is 290 cm³/mol. The maximum atomic E-state index is 6.49. The molecule has 0 saturated carbocycles. The van der Waals surface area contributed by atoms with Gasteiger partial charge in [-0.2, -0.15) is 0 Å². The van der Waals surface area contributed by atoms with Crippen molar-refractivity contribution in [2.45, 2.75) is 0 Å². The summed E-state index contributed by atoms with van der Waals surface area (Å²) in [5, 5.41) is 4.78. The Labute approximate surface area is 401 Å². The first-order chi connectivity index (χ1) is 34.2. The normalized spacial score (nSPS) is 11.5. The van der Waals surface area contributed by atoms with E-state index in [-0.39, 0.29) is 0 Å². The average Bonchev–Trinajstić information content (AvgIpc) is 3.97. The number of para-hydroxylation sites is 2. The van der Waals surface area contributed by atoms with E-state index in [0.717, 1.165) is 66.9 Å². The van der Waals surface area contributed by atoms with Crippen LogP contribution in [0.1, 0.15) is 0 Å². The fourth-order valence-corrected chi connectivity index (χ4v) is 10.1. The lowest BCUT2D eigenvalue weighted by Gasteiger charge is -2.26. The summed E-state index contributed by atoms with van der Waals surface area (Å²) in [6, 6.07) is 95.9. The molecule has 3 nitrogen and oxygen atoms in total. The Morgan fingerprint density at radius 1 is 0.246 bits per heavy atom. The summed E-state index contributed by atoms with van der Waals surface area (Å²) in [5.74, 6) is 0. The Morgan fingerprint density at radius 2 is 0.580 bits per heavy atom. The molecular formula is C66H44N2O. The molecule has 13 rings (SSSR count). The smallest absolute Gasteiger partial charge is 0.136 e. The first kappa shape index (κ1) is 40.1. The molecule has 0 amide bonds. The number of benzene rings is 11. The van der Waals surface area contributed by atoms with E-state index in [1.165, 1.54) is 55.2 Å². The van der Waals surface area contributed by atoms with Gasteiger partial charge in [0.2, 0.25) is 0 Å². The van der Waals surface area contributed by atoms with Gasteiger partial charge in [0.15, 0.2) is 0 Å². The van der Waals surface area contributed by atoms with Crippen molar-refractivity contribution in [2.75, 3.05) is 4.90 Å². The molecule has 0 spiro atoms. The number of hydrogen-bond donors (Lipinski definition) is 0. The first-order valence-corrected chi connectivity index (χ1v) is 23.6. The van der Waals surface area contributed by atoms with Crippen LogP contribution in [0, 0.1) is 0 Å². The highest BCUT2D eigenvalue weighted by molar-refractivity contribution is 6.09. The monoisotopic (exact) mass is 880 g/mol. The summed E-state index contributed by atoms with van der Waals surface area (Å²) in [4.78, 5) is 2.34. The van der Waals surface area contributed by atoms with Gasteiger partial charge in [-0.3, -0.25) is 0 Å². The van der Waals surface area contributed by atoms with E-state index in [0.29, 0.717) is 0 Å². The molecule has 0 unspecified atom stereocenters. The molecule has 0 aliphatic heterocycles. The van der Waals surface area contributed by atoms with Crippen LogP contribution in [0.4, 0.5) is 17.1 Å². The van der Waals surface area contributed by atoms with Crippen molar-refractivity contribution in [1.29, 1.82) is 0 Å². The van der Waals surface area contributed by atoms with Gasteiger partial charge in [-0.15, -0.1) is 0 Å². The van der Waals surface area contributed by atoms with Crippen LogP contribution in [-0.4, -0.2) is 4.57 Å². The molecule has 0 radical (unpaired) electrons. The predicted octanol–water partition coefficient (Wildman–Crippen LogP) is 18.5. The SMILES string of the molecule is c1ccc(-c2ccc(N(c3ccc(-c4ccc(-c5cccc(-n6c7ccccc7c7ccccc76)c5)cc4)cc3)c3ccc(-c4ccc5c(c4)oc4cc(-c6ccccc6)ccc45)cc3)cc2)cc1. The van der Waals surface area contributed by atoms with Gasteiger partial charge in [0.25, 0.3) is 0 Å². The van der Waals surface area contributed by atoms with Crippen LogP contribution in [0.15, 0.2) is 271 Å². The molecular weight excluding hydrogens is 837 g/mol. The summed E-state index contributed by atoms with van der Waals surface area (Å²) in [6.07, 6.45) is 0. The van der Waals surface area contributed by atoms with Gasteiger partial charge in [-0.05, 0) is 141 Å². The first-order valence-electron chi connectivity index (χ1n) is 23.6. The highest BCUT2D eigenvalue weighted by Crippen LogP contribution is 2.40. The van der Waals surface area contributed by atoms with E-state index < -0.39 is 0 Å². The molecule has 0 bridgehead atoms. The number of rotatable bonds is 9. The third-order valence-electron chi connectivity index (χ3n) is 13.6. The van der Waals surface area contributed by atoms with Crippen molar-refractivity contribution in [3.05, 3.63) is 267 Å². The van der Waals surface area contributed by atoms with Gasteiger partial charge < -0.3 is 13.9 Å². The molecule has 0 N–H and O–H groups in total. The van der Waals surface area contributed by atoms with Gasteiger partial charge >= 0.3 is 0 Å². The summed E-state index contributed by atoms with van der Waals surface area (Å²) in [7, 11) is 0. The van der Waals surface area contributed by atoms with E-state index in [4.69, 9.17) is 4.42 Å². The lowest BCUT2D eigenvalue weighted by molar-refractivity contribution is 0.669. The second-order valence-electron chi connectivity index (χ2n) is 17.7. The van der Waals surface area contributed by atoms with Crippen LogP contribution >= 0.6 is 0 Å². The zero-order valence-electron chi connectivity index (χ0n) is 37.7. The van der Waals surface area contributed by atoms with Crippen molar-refractivity contribution in [3.8, 4) is 61.3 Å². The van der Waals surface area contributed by atoms with Gasteiger partial charge in [0.1, 0.15) is 11.2 Å². The average molecular weight is 881 g/mol. The van der Waals surface area contributed by atoms with E-state index >= 15 is 0 Å². The van der Waals surface area contributed by atoms with Gasteiger partial charge in [0, 0.05) is 44.3 Å². The minimum absolute atomic E-state index is 0.886. The molecule has 0 aliphatic carbocycles. The quantitative estimate of drug-likeness (QED) is 0.144. The highest BCUT2D eigenvalue weighted by atomic mass is 16.3. The van der Waals surface area contributed by atoms with Crippen molar-refractivity contribution in [1.82, 2.24) is 4.57 Å². The third kappa shape index (κ3) is 7.34. The molecule has 0 atom stereocenters. The van der Waals surface area contributed by atoms with Crippen molar-refractivity contribution in [3.63, 3.8) is 0 Å². The Kier molecular flexibility index (Phi) is 9.84. The molecule has 13 aromatic rings. The van der Waals surface area contributed by atoms with Crippen molar-refractivity contribution < 1.29 is 4.42 Å². The maximum absolute atomic E-state index is 6.49. The molecule has 0 aliphatic rings. The van der Waals surface area contributed by atoms with E-state index in [2.05, 4.69) is 270 Å². The molecule has 2 aromatic heterocycles. The van der Waals surface area contributed by atoms with Crippen LogP contribution in [-0.2, 0) is 0 Å².